The number of benzene rings is 2. The van der Waals surface area contributed by atoms with E-state index in [2.05, 4.69) is 31.4 Å². The first-order valence-corrected chi connectivity index (χ1v) is 11.2. The summed E-state index contributed by atoms with van der Waals surface area (Å²) in [4.78, 5) is 26.9. The normalized spacial score (nSPS) is 10.4. The van der Waals surface area contributed by atoms with Crippen LogP contribution in [0.15, 0.2) is 48.5 Å². The van der Waals surface area contributed by atoms with Crippen LogP contribution in [-0.4, -0.2) is 43.0 Å². The van der Waals surface area contributed by atoms with Crippen molar-refractivity contribution in [1.82, 2.24) is 4.90 Å². The summed E-state index contributed by atoms with van der Waals surface area (Å²) in [6.07, 6.45) is 3.90. The van der Waals surface area contributed by atoms with Crippen LogP contribution in [0.1, 0.15) is 56.8 Å². The molecule has 6 nitrogen and oxygen atoms in total. The van der Waals surface area contributed by atoms with E-state index in [1.54, 1.807) is 12.1 Å². The van der Waals surface area contributed by atoms with E-state index in [9.17, 15) is 9.59 Å². The first-order valence-electron chi connectivity index (χ1n) is 11.2. The number of anilines is 2. The van der Waals surface area contributed by atoms with Crippen molar-refractivity contribution in [2.45, 2.75) is 46.5 Å². The summed E-state index contributed by atoms with van der Waals surface area (Å²) in [7, 11) is 0. The number of unbranched alkanes of at least 4 members (excludes halogenated alkanes) is 1. The molecule has 2 amide bonds. The smallest absolute Gasteiger partial charge is 0.253 e. The fraction of sp³-hybridized carbons (Fsp3) is 0.440. The summed E-state index contributed by atoms with van der Waals surface area (Å²) < 4.78 is 5.76. The summed E-state index contributed by atoms with van der Waals surface area (Å²) >= 11 is 0. The van der Waals surface area contributed by atoms with E-state index >= 15 is 0 Å². The number of nitrogens with zero attached hydrogens (tertiary/aromatic N) is 1. The lowest BCUT2D eigenvalue weighted by Gasteiger charge is -2.21. The second kappa shape index (κ2) is 13.3. The van der Waals surface area contributed by atoms with Gasteiger partial charge in [-0.1, -0.05) is 39.3 Å². The van der Waals surface area contributed by atoms with Crippen molar-refractivity contribution in [2.24, 2.45) is 0 Å². The van der Waals surface area contributed by atoms with Gasteiger partial charge in [-0.25, -0.2) is 0 Å². The topological polar surface area (TPSA) is 70.7 Å². The number of ether oxygens (including phenoxy) is 1. The summed E-state index contributed by atoms with van der Waals surface area (Å²) in [5.41, 5.74) is 2.12. The van der Waals surface area contributed by atoms with Crippen molar-refractivity contribution in [2.75, 3.05) is 36.9 Å². The molecule has 0 saturated carbocycles. The molecule has 0 fully saturated rings. The second-order valence-electron chi connectivity index (χ2n) is 7.47. The van der Waals surface area contributed by atoms with Gasteiger partial charge in [0.1, 0.15) is 5.75 Å². The highest BCUT2D eigenvalue weighted by molar-refractivity contribution is 5.96. The molecule has 0 radical (unpaired) electrons. The van der Waals surface area contributed by atoms with Gasteiger partial charge in [-0.2, -0.15) is 0 Å². The van der Waals surface area contributed by atoms with E-state index in [1.165, 1.54) is 0 Å². The Morgan fingerprint density at radius 1 is 0.903 bits per heavy atom. The van der Waals surface area contributed by atoms with Gasteiger partial charge in [0.15, 0.2) is 0 Å². The number of para-hydroxylation sites is 2. The van der Waals surface area contributed by atoms with Gasteiger partial charge in [-0.15, -0.1) is 0 Å². The second-order valence-corrected chi connectivity index (χ2v) is 7.47. The third kappa shape index (κ3) is 7.96. The molecule has 0 bridgehead atoms. The lowest BCUT2D eigenvalue weighted by molar-refractivity contribution is -0.114. The SMILES string of the molecule is CCCCOc1ccccc1NC(=O)CNc1ccc(C(=O)N(CCC)CCC)cc1. The van der Waals surface area contributed by atoms with Crippen molar-refractivity contribution < 1.29 is 14.3 Å². The van der Waals surface area contributed by atoms with E-state index in [-0.39, 0.29) is 18.4 Å². The summed E-state index contributed by atoms with van der Waals surface area (Å²) in [5.74, 6) is 0.562. The van der Waals surface area contributed by atoms with Crippen LogP contribution in [0, 0.1) is 0 Å². The average molecular weight is 426 g/mol. The molecule has 0 saturated heterocycles. The molecular weight excluding hydrogens is 390 g/mol. The standard InChI is InChI=1S/C25H35N3O3/c1-4-7-18-31-23-11-9-8-10-22(23)27-24(29)19-26-21-14-12-20(13-15-21)25(30)28(16-5-2)17-6-3/h8-15,26H,4-7,16-19H2,1-3H3,(H,27,29). The molecule has 0 aliphatic rings. The van der Waals surface area contributed by atoms with E-state index in [1.807, 2.05) is 41.3 Å². The fourth-order valence-electron chi connectivity index (χ4n) is 3.17. The van der Waals surface area contributed by atoms with Crippen molar-refractivity contribution in [1.29, 1.82) is 0 Å². The Balaban J connectivity index is 1.89. The molecule has 168 valence electrons. The highest BCUT2D eigenvalue weighted by Gasteiger charge is 2.14. The fourth-order valence-corrected chi connectivity index (χ4v) is 3.17. The third-order valence-corrected chi connectivity index (χ3v) is 4.78. The molecule has 0 aliphatic carbocycles. The van der Waals surface area contributed by atoms with E-state index in [4.69, 9.17) is 4.74 Å². The van der Waals surface area contributed by atoms with E-state index in [0.717, 1.165) is 44.5 Å². The molecule has 0 heterocycles. The number of rotatable bonds is 13. The Bertz CT molecular complexity index is 815. The minimum atomic E-state index is -0.163. The van der Waals surface area contributed by atoms with Crippen LogP contribution in [0.25, 0.3) is 0 Å². The quantitative estimate of drug-likeness (QED) is 0.434. The van der Waals surface area contributed by atoms with Gasteiger partial charge in [0, 0.05) is 24.3 Å². The molecule has 0 unspecified atom stereocenters. The Morgan fingerprint density at radius 2 is 1.58 bits per heavy atom. The lowest BCUT2D eigenvalue weighted by Crippen LogP contribution is -2.32. The number of nitrogens with one attached hydrogen (secondary N) is 2. The van der Waals surface area contributed by atoms with Crippen molar-refractivity contribution in [3.05, 3.63) is 54.1 Å². The number of hydrogen-bond donors (Lipinski definition) is 2. The first kappa shape index (κ1) is 24.3. The highest BCUT2D eigenvalue weighted by atomic mass is 16.5. The molecule has 0 aliphatic heterocycles. The molecular formula is C25H35N3O3. The summed E-state index contributed by atoms with van der Waals surface area (Å²) in [6, 6.07) is 14.7. The minimum Gasteiger partial charge on any atom is -0.491 e. The van der Waals surface area contributed by atoms with Crippen molar-refractivity contribution in [3.8, 4) is 5.75 Å². The molecule has 2 aromatic rings. The van der Waals surface area contributed by atoms with Gasteiger partial charge in [0.05, 0.1) is 18.8 Å². The maximum atomic E-state index is 12.7. The summed E-state index contributed by atoms with van der Waals surface area (Å²) in [5, 5.41) is 6.00. The zero-order valence-electron chi connectivity index (χ0n) is 18.9. The molecule has 0 spiro atoms. The summed E-state index contributed by atoms with van der Waals surface area (Å²) in [6.45, 7) is 8.52. The largest absolute Gasteiger partial charge is 0.491 e. The molecule has 2 rings (SSSR count). The van der Waals surface area contributed by atoms with Gasteiger partial charge in [0.25, 0.3) is 5.91 Å². The Kier molecular flexibility index (Phi) is 10.4. The number of amides is 2. The number of carbonyl (C=O) groups is 2. The molecule has 2 N–H and O–H groups in total. The highest BCUT2D eigenvalue weighted by Crippen LogP contribution is 2.24. The van der Waals surface area contributed by atoms with Crippen LogP contribution in [-0.2, 0) is 4.79 Å². The zero-order chi connectivity index (χ0) is 22.5. The third-order valence-electron chi connectivity index (χ3n) is 4.78. The van der Waals surface area contributed by atoms with Crippen LogP contribution < -0.4 is 15.4 Å². The van der Waals surface area contributed by atoms with Crippen molar-refractivity contribution in [3.63, 3.8) is 0 Å². The maximum absolute atomic E-state index is 12.7. The Morgan fingerprint density at radius 3 is 2.23 bits per heavy atom. The van der Waals surface area contributed by atoms with Crippen LogP contribution in [0.3, 0.4) is 0 Å². The van der Waals surface area contributed by atoms with Gasteiger partial charge < -0.3 is 20.3 Å². The molecule has 6 heteroatoms. The van der Waals surface area contributed by atoms with E-state index < -0.39 is 0 Å². The van der Waals surface area contributed by atoms with Gasteiger partial charge >= 0.3 is 0 Å². The predicted octanol–water partition coefficient (Wildman–Crippen LogP) is 5.18. The first-order chi connectivity index (χ1) is 15.1. The Hall–Kier alpha value is -3.02. The average Bonchev–Trinajstić information content (AvgIpc) is 2.79. The number of carbonyl (C=O) groups excluding carboxylic acids is 2. The van der Waals surface area contributed by atoms with Crippen LogP contribution >= 0.6 is 0 Å². The molecule has 31 heavy (non-hydrogen) atoms. The van der Waals surface area contributed by atoms with Gasteiger partial charge in [-0.3, -0.25) is 9.59 Å². The van der Waals surface area contributed by atoms with Crippen molar-refractivity contribution >= 4 is 23.2 Å². The monoisotopic (exact) mass is 425 g/mol. The molecule has 0 aromatic heterocycles. The van der Waals surface area contributed by atoms with Crippen LogP contribution in [0.2, 0.25) is 0 Å². The van der Waals surface area contributed by atoms with Crippen LogP contribution in [0.5, 0.6) is 5.75 Å². The number of hydrogen-bond acceptors (Lipinski definition) is 4. The molecule has 0 atom stereocenters. The molecule has 2 aromatic carbocycles. The van der Waals surface area contributed by atoms with Gasteiger partial charge in [-0.05, 0) is 55.7 Å². The Labute approximate surface area is 186 Å². The van der Waals surface area contributed by atoms with Gasteiger partial charge in [0.2, 0.25) is 5.91 Å². The predicted molar refractivity (Wildman–Crippen MR) is 127 cm³/mol. The van der Waals surface area contributed by atoms with Crippen LogP contribution in [0.4, 0.5) is 11.4 Å². The zero-order valence-corrected chi connectivity index (χ0v) is 18.9. The van der Waals surface area contributed by atoms with E-state index in [0.29, 0.717) is 23.6 Å². The maximum Gasteiger partial charge on any atom is 0.253 e. The minimum absolute atomic E-state index is 0.0488. The lowest BCUT2D eigenvalue weighted by atomic mass is 10.1.